The molecule has 1 saturated heterocycles. The Bertz CT molecular complexity index is 1150. The number of anilines is 1. The second-order valence-electron chi connectivity index (χ2n) is 6.45. The molecule has 0 bridgehead atoms. The van der Waals surface area contributed by atoms with Crippen molar-refractivity contribution in [3.05, 3.63) is 30.7 Å². The summed E-state index contributed by atoms with van der Waals surface area (Å²) >= 11 is 1.59. The SMILES string of the molecule is CSc1cc(-c2nnc(C)o2)nc2c(N3CCOCC3)nc(-n3ccnc3)nc12. The molecule has 0 N–H and O–H groups in total. The zero-order chi connectivity index (χ0) is 19.8. The van der Waals surface area contributed by atoms with Crippen molar-refractivity contribution in [2.45, 2.75) is 11.8 Å². The standard InChI is InChI=1S/C18H18N8O2S/c1-11-23-24-17(28-11)12-9-13(29-2)14-15(20-12)16(25-5-7-27-8-6-25)22-18(21-14)26-4-3-19-10-26/h3-4,9-10H,5-8H2,1-2H3. The number of fused-ring (bicyclic) bond motifs is 1. The zero-order valence-corrected chi connectivity index (χ0v) is 16.8. The summed E-state index contributed by atoms with van der Waals surface area (Å²) in [6, 6.07) is 1.92. The molecule has 0 unspecified atom stereocenters. The third-order valence-corrected chi connectivity index (χ3v) is 5.35. The lowest BCUT2D eigenvalue weighted by Gasteiger charge is -2.28. The van der Waals surface area contributed by atoms with Gasteiger partial charge in [0.2, 0.25) is 11.8 Å². The van der Waals surface area contributed by atoms with Gasteiger partial charge in [-0.1, -0.05) is 0 Å². The number of hydrogen-bond donors (Lipinski definition) is 0. The van der Waals surface area contributed by atoms with Gasteiger partial charge >= 0.3 is 0 Å². The molecule has 0 atom stereocenters. The van der Waals surface area contributed by atoms with E-state index in [1.54, 1.807) is 35.8 Å². The van der Waals surface area contributed by atoms with Crippen molar-refractivity contribution in [1.82, 2.24) is 34.7 Å². The Hall–Kier alpha value is -3.05. The van der Waals surface area contributed by atoms with Crippen LogP contribution in [0.1, 0.15) is 5.89 Å². The smallest absolute Gasteiger partial charge is 0.266 e. The van der Waals surface area contributed by atoms with Crippen molar-refractivity contribution in [2.75, 3.05) is 37.5 Å². The van der Waals surface area contributed by atoms with Crippen LogP contribution >= 0.6 is 11.8 Å². The minimum atomic E-state index is 0.381. The van der Waals surface area contributed by atoms with Crippen LogP contribution in [0.25, 0.3) is 28.6 Å². The first-order valence-corrected chi connectivity index (χ1v) is 10.3. The number of morpholine rings is 1. The van der Waals surface area contributed by atoms with Gasteiger partial charge in [0.05, 0.1) is 13.2 Å². The zero-order valence-electron chi connectivity index (χ0n) is 15.9. The van der Waals surface area contributed by atoms with Gasteiger partial charge in [-0.2, -0.15) is 4.98 Å². The van der Waals surface area contributed by atoms with Crippen molar-refractivity contribution in [3.8, 4) is 17.5 Å². The van der Waals surface area contributed by atoms with Crippen molar-refractivity contribution >= 4 is 28.6 Å². The fraction of sp³-hybridized carbons (Fsp3) is 0.333. The van der Waals surface area contributed by atoms with Crippen LogP contribution in [0.4, 0.5) is 5.82 Å². The maximum Gasteiger partial charge on any atom is 0.266 e. The van der Waals surface area contributed by atoms with Crippen LogP contribution in [0.5, 0.6) is 0 Å². The average molecular weight is 410 g/mol. The van der Waals surface area contributed by atoms with Gasteiger partial charge in [-0.15, -0.1) is 22.0 Å². The van der Waals surface area contributed by atoms with E-state index in [0.29, 0.717) is 42.2 Å². The van der Waals surface area contributed by atoms with Gasteiger partial charge in [-0.25, -0.2) is 15.0 Å². The average Bonchev–Trinajstić information content (AvgIpc) is 3.45. The second-order valence-corrected chi connectivity index (χ2v) is 7.30. The first kappa shape index (κ1) is 18.0. The second kappa shape index (κ2) is 7.41. The highest BCUT2D eigenvalue weighted by atomic mass is 32.2. The van der Waals surface area contributed by atoms with Crippen LogP contribution in [-0.4, -0.2) is 67.3 Å². The van der Waals surface area contributed by atoms with Gasteiger partial charge < -0.3 is 14.1 Å². The van der Waals surface area contributed by atoms with Crippen LogP contribution in [0.2, 0.25) is 0 Å². The number of rotatable bonds is 4. The lowest BCUT2D eigenvalue weighted by Crippen LogP contribution is -2.37. The molecule has 1 aliphatic rings. The highest BCUT2D eigenvalue weighted by Crippen LogP contribution is 2.33. The molecule has 0 radical (unpaired) electrons. The normalized spacial score (nSPS) is 14.6. The molecule has 148 valence electrons. The fourth-order valence-corrected chi connectivity index (χ4v) is 3.77. The largest absolute Gasteiger partial charge is 0.420 e. The molecule has 29 heavy (non-hydrogen) atoms. The number of imidazole rings is 1. The Morgan fingerprint density at radius 1 is 1.07 bits per heavy atom. The molecule has 0 aromatic carbocycles. The van der Waals surface area contributed by atoms with Crippen molar-refractivity contribution in [1.29, 1.82) is 0 Å². The molecule has 0 aliphatic carbocycles. The first-order valence-electron chi connectivity index (χ1n) is 9.11. The van der Waals surface area contributed by atoms with Gasteiger partial charge in [0.15, 0.2) is 5.82 Å². The number of pyridine rings is 1. The van der Waals surface area contributed by atoms with E-state index in [4.69, 9.17) is 24.1 Å². The number of aromatic nitrogens is 7. The van der Waals surface area contributed by atoms with Crippen molar-refractivity contribution < 1.29 is 9.15 Å². The molecule has 5 rings (SSSR count). The Morgan fingerprint density at radius 2 is 1.93 bits per heavy atom. The van der Waals surface area contributed by atoms with Crippen LogP contribution in [0.3, 0.4) is 0 Å². The quantitative estimate of drug-likeness (QED) is 0.464. The number of ether oxygens (including phenoxy) is 1. The summed E-state index contributed by atoms with van der Waals surface area (Å²) in [6.07, 6.45) is 7.22. The first-order chi connectivity index (χ1) is 14.2. The van der Waals surface area contributed by atoms with Crippen LogP contribution in [0, 0.1) is 6.92 Å². The highest BCUT2D eigenvalue weighted by Gasteiger charge is 2.22. The third kappa shape index (κ3) is 3.32. The lowest BCUT2D eigenvalue weighted by atomic mass is 10.2. The maximum absolute atomic E-state index is 5.61. The van der Waals surface area contributed by atoms with E-state index >= 15 is 0 Å². The molecule has 4 aromatic heterocycles. The van der Waals surface area contributed by atoms with Crippen LogP contribution < -0.4 is 4.90 Å². The van der Waals surface area contributed by atoms with E-state index in [2.05, 4.69) is 20.1 Å². The fourth-order valence-electron chi connectivity index (χ4n) is 3.21. The van der Waals surface area contributed by atoms with E-state index in [-0.39, 0.29) is 0 Å². The Kier molecular flexibility index (Phi) is 4.60. The molecule has 0 saturated carbocycles. The number of hydrogen-bond acceptors (Lipinski definition) is 10. The highest BCUT2D eigenvalue weighted by molar-refractivity contribution is 7.98. The summed E-state index contributed by atoms with van der Waals surface area (Å²) < 4.78 is 12.9. The van der Waals surface area contributed by atoms with E-state index in [1.165, 1.54) is 0 Å². The Morgan fingerprint density at radius 3 is 2.62 bits per heavy atom. The number of aryl methyl sites for hydroxylation is 1. The van der Waals surface area contributed by atoms with Gasteiger partial charge in [-0.05, 0) is 12.3 Å². The Labute approximate surface area is 170 Å². The molecular formula is C18H18N8O2S. The summed E-state index contributed by atoms with van der Waals surface area (Å²) in [7, 11) is 0. The molecule has 4 aromatic rings. The molecule has 10 nitrogen and oxygen atoms in total. The van der Waals surface area contributed by atoms with Gasteiger partial charge in [0.1, 0.15) is 23.1 Å². The van der Waals surface area contributed by atoms with Crippen molar-refractivity contribution in [3.63, 3.8) is 0 Å². The summed E-state index contributed by atoms with van der Waals surface area (Å²) in [6.45, 7) is 4.51. The molecule has 11 heteroatoms. The lowest BCUT2D eigenvalue weighted by molar-refractivity contribution is 0.122. The molecule has 1 fully saturated rings. The number of thioether (sulfide) groups is 1. The topological polar surface area (TPSA) is 108 Å². The summed E-state index contributed by atoms with van der Waals surface area (Å²) in [4.78, 5) is 21.7. The molecular weight excluding hydrogens is 392 g/mol. The van der Waals surface area contributed by atoms with E-state index in [1.807, 2.05) is 18.5 Å². The molecule has 0 spiro atoms. The van der Waals surface area contributed by atoms with Crippen molar-refractivity contribution in [2.24, 2.45) is 0 Å². The van der Waals surface area contributed by atoms with E-state index < -0.39 is 0 Å². The summed E-state index contributed by atoms with van der Waals surface area (Å²) in [5, 5.41) is 8.05. The van der Waals surface area contributed by atoms with Crippen LogP contribution in [-0.2, 0) is 4.74 Å². The Balaban J connectivity index is 1.77. The van der Waals surface area contributed by atoms with Gasteiger partial charge in [-0.3, -0.25) is 4.57 Å². The molecule has 5 heterocycles. The maximum atomic E-state index is 5.61. The molecule has 1 aliphatic heterocycles. The predicted molar refractivity (Wildman–Crippen MR) is 107 cm³/mol. The van der Waals surface area contributed by atoms with E-state index in [9.17, 15) is 0 Å². The monoisotopic (exact) mass is 410 g/mol. The summed E-state index contributed by atoms with van der Waals surface area (Å²) in [5.41, 5.74) is 2.09. The van der Waals surface area contributed by atoms with Crippen LogP contribution in [0.15, 0.2) is 34.1 Å². The van der Waals surface area contributed by atoms with Gasteiger partial charge in [0, 0.05) is 37.3 Å². The third-order valence-electron chi connectivity index (χ3n) is 4.60. The minimum Gasteiger partial charge on any atom is -0.420 e. The number of nitrogens with zero attached hydrogens (tertiary/aromatic N) is 8. The van der Waals surface area contributed by atoms with Gasteiger partial charge in [0.25, 0.3) is 5.89 Å². The minimum absolute atomic E-state index is 0.381. The van der Waals surface area contributed by atoms with E-state index in [0.717, 1.165) is 29.3 Å². The molecule has 0 amide bonds. The summed E-state index contributed by atoms with van der Waals surface area (Å²) in [5.74, 6) is 2.18. The predicted octanol–water partition coefficient (Wildman–Crippen LogP) is 2.13.